The summed E-state index contributed by atoms with van der Waals surface area (Å²) in [4.78, 5) is 16.9. The monoisotopic (exact) mass is 395 g/mol. The zero-order chi connectivity index (χ0) is 20.2. The number of H-pyrrole nitrogens is 2. The van der Waals surface area contributed by atoms with Crippen molar-refractivity contribution in [3.63, 3.8) is 0 Å². The molecule has 2 N–H and O–H groups in total. The molecule has 146 valence electrons. The number of hydrogen-bond acceptors (Lipinski definition) is 5. The Morgan fingerprint density at radius 2 is 1.97 bits per heavy atom. The summed E-state index contributed by atoms with van der Waals surface area (Å²) in [5, 5.41) is 12.9. The SMILES string of the molecule is Cc1cn(-c2ccnc3[nH]c(-c4n[nH]c5ccc(-c6cnn(C)c6)cc45)nc23)cn1. The highest BCUT2D eigenvalue weighted by molar-refractivity contribution is 5.96. The number of aromatic nitrogens is 9. The zero-order valence-electron chi connectivity index (χ0n) is 16.3. The van der Waals surface area contributed by atoms with Gasteiger partial charge in [-0.05, 0) is 30.7 Å². The average Bonchev–Trinajstić information content (AvgIpc) is 3.52. The van der Waals surface area contributed by atoms with Crippen LogP contribution in [0.4, 0.5) is 0 Å². The van der Waals surface area contributed by atoms with Gasteiger partial charge in [-0.15, -0.1) is 0 Å². The molecule has 6 aromatic rings. The first kappa shape index (κ1) is 16.7. The van der Waals surface area contributed by atoms with E-state index >= 15 is 0 Å². The van der Waals surface area contributed by atoms with E-state index in [4.69, 9.17) is 4.98 Å². The van der Waals surface area contributed by atoms with Crippen molar-refractivity contribution < 1.29 is 0 Å². The summed E-state index contributed by atoms with van der Waals surface area (Å²) >= 11 is 0. The second kappa shape index (κ2) is 6.11. The van der Waals surface area contributed by atoms with E-state index in [-0.39, 0.29) is 0 Å². The Morgan fingerprint density at radius 3 is 2.77 bits per heavy atom. The number of rotatable bonds is 3. The van der Waals surface area contributed by atoms with E-state index in [9.17, 15) is 0 Å². The summed E-state index contributed by atoms with van der Waals surface area (Å²) in [6.07, 6.45) is 9.35. The van der Waals surface area contributed by atoms with Crippen LogP contribution in [-0.4, -0.2) is 44.5 Å². The quantitative estimate of drug-likeness (QED) is 0.478. The van der Waals surface area contributed by atoms with Crippen molar-refractivity contribution in [1.82, 2.24) is 44.5 Å². The summed E-state index contributed by atoms with van der Waals surface area (Å²) < 4.78 is 3.74. The van der Waals surface area contributed by atoms with E-state index in [0.717, 1.165) is 44.6 Å². The fourth-order valence-electron chi connectivity index (χ4n) is 3.72. The summed E-state index contributed by atoms with van der Waals surface area (Å²) in [7, 11) is 1.91. The van der Waals surface area contributed by atoms with E-state index in [2.05, 4.69) is 42.4 Å². The number of benzene rings is 1. The fourth-order valence-corrected chi connectivity index (χ4v) is 3.72. The number of nitrogens with one attached hydrogen (secondary N) is 2. The smallest absolute Gasteiger partial charge is 0.161 e. The first-order valence-electron chi connectivity index (χ1n) is 9.49. The predicted molar refractivity (Wildman–Crippen MR) is 113 cm³/mol. The van der Waals surface area contributed by atoms with Gasteiger partial charge in [0.1, 0.15) is 11.2 Å². The van der Waals surface area contributed by atoms with Gasteiger partial charge >= 0.3 is 0 Å². The topological polar surface area (TPSA) is 106 Å². The van der Waals surface area contributed by atoms with E-state index in [1.54, 1.807) is 17.2 Å². The Balaban J connectivity index is 1.52. The Labute approximate surface area is 170 Å². The molecule has 0 saturated carbocycles. The minimum atomic E-state index is 0.663. The van der Waals surface area contributed by atoms with Crippen LogP contribution in [0.2, 0.25) is 0 Å². The second-order valence-electron chi connectivity index (χ2n) is 7.27. The molecule has 6 rings (SSSR count). The van der Waals surface area contributed by atoms with E-state index < -0.39 is 0 Å². The average molecular weight is 395 g/mol. The van der Waals surface area contributed by atoms with Gasteiger partial charge in [0.25, 0.3) is 0 Å². The molecule has 0 aliphatic rings. The van der Waals surface area contributed by atoms with Crippen molar-refractivity contribution in [2.75, 3.05) is 0 Å². The number of aromatic amines is 2. The third-order valence-electron chi connectivity index (χ3n) is 5.18. The molecule has 9 nitrogen and oxygen atoms in total. The lowest BCUT2D eigenvalue weighted by Crippen LogP contribution is -1.92. The van der Waals surface area contributed by atoms with Crippen molar-refractivity contribution in [3.8, 4) is 28.3 Å². The molecule has 0 unspecified atom stereocenters. The minimum absolute atomic E-state index is 0.663. The number of pyridine rings is 1. The van der Waals surface area contributed by atoms with Gasteiger partial charge in [-0.2, -0.15) is 10.2 Å². The summed E-state index contributed by atoms with van der Waals surface area (Å²) in [6, 6.07) is 8.11. The van der Waals surface area contributed by atoms with E-state index in [1.807, 2.05) is 49.3 Å². The van der Waals surface area contributed by atoms with Crippen molar-refractivity contribution in [2.24, 2.45) is 7.05 Å². The Kier molecular flexibility index (Phi) is 3.40. The highest BCUT2D eigenvalue weighted by Gasteiger charge is 2.16. The molecule has 0 aliphatic carbocycles. The van der Waals surface area contributed by atoms with Gasteiger partial charge in [-0.3, -0.25) is 9.78 Å². The number of hydrogen-bond donors (Lipinski definition) is 2. The number of aryl methyl sites for hydroxylation is 2. The van der Waals surface area contributed by atoms with Crippen LogP contribution < -0.4 is 0 Å². The molecule has 5 aromatic heterocycles. The van der Waals surface area contributed by atoms with Crippen LogP contribution in [0.5, 0.6) is 0 Å². The van der Waals surface area contributed by atoms with Gasteiger partial charge in [0.2, 0.25) is 0 Å². The first-order valence-corrected chi connectivity index (χ1v) is 9.49. The third-order valence-corrected chi connectivity index (χ3v) is 5.18. The van der Waals surface area contributed by atoms with Crippen LogP contribution in [0, 0.1) is 6.92 Å². The molecular formula is C21H17N9. The molecule has 0 radical (unpaired) electrons. The molecule has 0 saturated heterocycles. The minimum Gasteiger partial charge on any atom is -0.321 e. The summed E-state index contributed by atoms with van der Waals surface area (Å²) in [5.41, 5.74) is 7.14. The zero-order valence-corrected chi connectivity index (χ0v) is 16.3. The van der Waals surface area contributed by atoms with Crippen LogP contribution in [0.15, 0.2) is 55.4 Å². The Bertz CT molecular complexity index is 1530. The Morgan fingerprint density at radius 1 is 1.03 bits per heavy atom. The summed E-state index contributed by atoms with van der Waals surface area (Å²) in [5.74, 6) is 0.663. The lowest BCUT2D eigenvalue weighted by Gasteiger charge is -2.01. The standard InChI is InChI=1S/C21H17N9/c1-12-9-30(11-23-12)17-5-6-22-20-19(17)25-21(26-20)18-15-7-13(3-4-16(15)27-28-18)14-8-24-29(2)10-14/h3-11H,1-2H3,(H,27,28)(H,22,25,26). The molecule has 0 amide bonds. The highest BCUT2D eigenvalue weighted by atomic mass is 15.2. The maximum absolute atomic E-state index is 4.83. The van der Waals surface area contributed by atoms with E-state index in [0.29, 0.717) is 11.5 Å². The van der Waals surface area contributed by atoms with E-state index in [1.165, 1.54) is 0 Å². The number of nitrogens with zero attached hydrogens (tertiary/aromatic N) is 7. The fraction of sp³-hybridized carbons (Fsp3) is 0.0952. The van der Waals surface area contributed by atoms with Crippen molar-refractivity contribution >= 4 is 22.1 Å². The highest BCUT2D eigenvalue weighted by Crippen LogP contribution is 2.30. The predicted octanol–water partition coefficient (Wildman–Crippen LogP) is 3.40. The van der Waals surface area contributed by atoms with Crippen molar-refractivity contribution in [2.45, 2.75) is 6.92 Å². The van der Waals surface area contributed by atoms with Gasteiger partial charge in [0, 0.05) is 36.6 Å². The largest absolute Gasteiger partial charge is 0.321 e. The maximum atomic E-state index is 4.83. The lowest BCUT2D eigenvalue weighted by atomic mass is 10.1. The summed E-state index contributed by atoms with van der Waals surface area (Å²) in [6.45, 7) is 1.96. The Hall–Kier alpha value is -4.27. The van der Waals surface area contributed by atoms with Gasteiger partial charge in [0.05, 0.1) is 29.4 Å². The molecule has 0 bridgehead atoms. The van der Waals surface area contributed by atoms with Crippen LogP contribution >= 0.6 is 0 Å². The van der Waals surface area contributed by atoms with Crippen LogP contribution in [0.3, 0.4) is 0 Å². The molecule has 0 aliphatic heterocycles. The van der Waals surface area contributed by atoms with Crippen molar-refractivity contribution in [3.05, 3.63) is 61.1 Å². The molecule has 5 heterocycles. The lowest BCUT2D eigenvalue weighted by molar-refractivity contribution is 0.768. The van der Waals surface area contributed by atoms with Gasteiger partial charge < -0.3 is 9.55 Å². The molecule has 0 atom stereocenters. The normalized spacial score (nSPS) is 11.7. The van der Waals surface area contributed by atoms with Gasteiger partial charge in [0.15, 0.2) is 11.5 Å². The number of fused-ring (bicyclic) bond motifs is 2. The molecule has 0 spiro atoms. The van der Waals surface area contributed by atoms with Crippen LogP contribution in [0.1, 0.15) is 5.69 Å². The molecule has 1 aromatic carbocycles. The molecule has 9 heteroatoms. The maximum Gasteiger partial charge on any atom is 0.161 e. The third kappa shape index (κ3) is 2.52. The molecule has 30 heavy (non-hydrogen) atoms. The van der Waals surface area contributed by atoms with Gasteiger partial charge in [-0.25, -0.2) is 15.0 Å². The van der Waals surface area contributed by atoms with Crippen LogP contribution in [0.25, 0.3) is 50.4 Å². The van der Waals surface area contributed by atoms with Crippen LogP contribution in [-0.2, 0) is 7.05 Å². The number of imidazole rings is 2. The first-order chi connectivity index (χ1) is 14.7. The molecule has 0 fully saturated rings. The van der Waals surface area contributed by atoms with Crippen molar-refractivity contribution in [1.29, 1.82) is 0 Å². The second-order valence-corrected chi connectivity index (χ2v) is 7.27. The molecular weight excluding hydrogens is 378 g/mol. The van der Waals surface area contributed by atoms with Gasteiger partial charge in [-0.1, -0.05) is 6.07 Å².